The monoisotopic (exact) mass is 679 g/mol. The summed E-state index contributed by atoms with van der Waals surface area (Å²) in [6, 6.07) is 13.2. The van der Waals surface area contributed by atoms with E-state index in [9.17, 15) is 24.3 Å². The quantitative estimate of drug-likeness (QED) is 0.201. The Morgan fingerprint density at radius 3 is 2.32 bits per heavy atom. The first-order chi connectivity index (χ1) is 23.9. The van der Waals surface area contributed by atoms with Crippen molar-refractivity contribution >= 4 is 46.0 Å². The van der Waals surface area contributed by atoms with Crippen LogP contribution in [0.4, 0.5) is 21.6 Å². The van der Waals surface area contributed by atoms with Crippen molar-refractivity contribution in [2.24, 2.45) is 5.92 Å². The zero-order valence-electron chi connectivity index (χ0n) is 28.2. The molecule has 0 unspecified atom stereocenters. The van der Waals surface area contributed by atoms with E-state index >= 15 is 4.39 Å². The fourth-order valence-corrected chi connectivity index (χ4v) is 6.65. The highest BCUT2D eigenvalue weighted by atomic mass is 19.1. The van der Waals surface area contributed by atoms with Gasteiger partial charge in [-0.25, -0.2) is 19.2 Å². The highest BCUT2D eigenvalue weighted by Crippen LogP contribution is 2.40. The molecule has 0 radical (unpaired) electrons. The molecule has 3 aromatic heterocycles. The van der Waals surface area contributed by atoms with Gasteiger partial charge in [0, 0.05) is 55.2 Å². The summed E-state index contributed by atoms with van der Waals surface area (Å²) in [4.78, 5) is 64.4. The van der Waals surface area contributed by atoms with Gasteiger partial charge in [0.15, 0.2) is 5.43 Å². The van der Waals surface area contributed by atoms with Crippen molar-refractivity contribution in [1.29, 1.82) is 0 Å². The molecule has 1 aliphatic heterocycles. The molecule has 2 aromatic carbocycles. The molecule has 258 valence electrons. The van der Waals surface area contributed by atoms with Crippen LogP contribution >= 0.6 is 0 Å². The van der Waals surface area contributed by atoms with Gasteiger partial charge in [0.25, 0.3) is 5.91 Å². The number of carboxylic acids is 1. The number of carbonyl (C=O) groups excluding carboxylic acids is 2. The number of halogens is 1. The summed E-state index contributed by atoms with van der Waals surface area (Å²) in [5.74, 6) is -2.89. The second-order valence-corrected chi connectivity index (χ2v) is 13.0. The Bertz CT molecular complexity index is 2170. The topological polar surface area (TPSA) is 157 Å². The number of likely N-dealkylation sites (tertiary alicyclic amines) is 1. The number of aromatic nitrogens is 4. The van der Waals surface area contributed by atoms with Gasteiger partial charge in [-0.15, -0.1) is 0 Å². The van der Waals surface area contributed by atoms with Crippen LogP contribution in [0.1, 0.15) is 73.5 Å². The minimum Gasteiger partial charge on any atom is -0.477 e. The summed E-state index contributed by atoms with van der Waals surface area (Å²) in [5.41, 5.74) is 6.37. The first kappa shape index (κ1) is 34.0. The fourth-order valence-electron chi connectivity index (χ4n) is 6.65. The highest BCUT2D eigenvalue weighted by Gasteiger charge is 2.32. The third-order valence-corrected chi connectivity index (χ3v) is 9.12. The second kappa shape index (κ2) is 13.6. The number of fused-ring (bicyclic) bond motifs is 1. The highest BCUT2D eigenvalue weighted by molar-refractivity contribution is 6.16. The number of nitrogen functional groups attached to an aromatic ring is 1. The van der Waals surface area contributed by atoms with E-state index in [4.69, 9.17) is 5.73 Å². The van der Waals surface area contributed by atoms with Crippen LogP contribution in [-0.2, 0) is 4.79 Å². The van der Waals surface area contributed by atoms with Crippen molar-refractivity contribution in [3.63, 3.8) is 0 Å². The molecule has 0 atom stereocenters. The molecule has 12 nitrogen and oxygen atoms in total. The zero-order valence-corrected chi connectivity index (χ0v) is 28.2. The zero-order chi connectivity index (χ0) is 35.9. The average molecular weight is 680 g/mol. The van der Waals surface area contributed by atoms with Crippen molar-refractivity contribution in [1.82, 2.24) is 24.0 Å². The Balaban J connectivity index is 1.45. The lowest BCUT2D eigenvalue weighted by Crippen LogP contribution is -2.41. The molecular formula is C37H38FN7O5. The Labute approximate surface area is 287 Å². The van der Waals surface area contributed by atoms with Gasteiger partial charge < -0.3 is 24.9 Å². The predicted octanol–water partition coefficient (Wildman–Crippen LogP) is 6.06. The number of nitrogens with two attached hydrogens (primary N) is 1. The van der Waals surface area contributed by atoms with Crippen molar-refractivity contribution in [3.05, 3.63) is 101 Å². The maximum absolute atomic E-state index is 16.2. The van der Waals surface area contributed by atoms with E-state index in [1.807, 2.05) is 23.3 Å². The first-order valence-electron chi connectivity index (χ1n) is 16.5. The van der Waals surface area contributed by atoms with Gasteiger partial charge in [-0.2, -0.15) is 0 Å². The standard InChI is InChI=1S/C37H38FN7O5/c1-21(2)35(47)42-15-12-24(13-16-42)44-19-28(31-33(39)40-20-41-34(31)44)45(25-8-6-5-7-9-25)36(48)26-11-10-23(18-27(26)38)30-29(46)14-17-43(22(3)4)32(30)37(49)50/h5-11,14,17-22,24H,12-13,15-16H2,1-4H3,(H,49,50)(H2,39,40,41). The second-order valence-electron chi connectivity index (χ2n) is 13.0. The summed E-state index contributed by atoms with van der Waals surface area (Å²) >= 11 is 0. The molecule has 0 aliphatic carbocycles. The lowest BCUT2D eigenvalue weighted by Gasteiger charge is -2.34. The van der Waals surface area contributed by atoms with E-state index in [2.05, 4.69) is 9.97 Å². The first-order valence-corrected chi connectivity index (χ1v) is 16.5. The normalized spacial score (nSPS) is 13.7. The maximum atomic E-state index is 16.2. The van der Waals surface area contributed by atoms with Crippen LogP contribution in [0.15, 0.2) is 78.1 Å². The summed E-state index contributed by atoms with van der Waals surface area (Å²) in [5, 5.41) is 10.4. The van der Waals surface area contributed by atoms with E-state index in [0.29, 0.717) is 48.3 Å². The molecule has 5 aromatic rings. The molecule has 2 amide bonds. The van der Waals surface area contributed by atoms with E-state index in [1.165, 1.54) is 40.2 Å². The molecule has 0 saturated carbocycles. The molecule has 1 fully saturated rings. The third-order valence-electron chi connectivity index (χ3n) is 9.12. The van der Waals surface area contributed by atoms with Gasteiger partial charge in [0.1, 0.15) is 29.3 Å². The van der Waals surface area contributed by atoms with Crippen LogP contribution in [0.25, 0.3) is 22.2 Å². The minimum atomic E-state index is -1.34. The van der Waals surface area contributed by atoms with Gasteiger partial charge in [-0.1, -0.05) is 38.1 Å². The number of benzene rings is 2. The summed E-state index contributed by atoms with van der Waals surface area (Å²) in [6.07, 6.45) is 5.82. The molecule has 0 bridgehead atoms. The molecule has 3 N–H and O–H groups in total. The third kappa shape index (κ3) is 6.10. The van der Waals surface area contributed by atoms with Crippen molar-refractivity contribution in [2.45, 2.75) is 52.6 Å². The van der Waals surface area contributed by atoms with Crippen molar-refractivity contribution in [2.75, 3.05) is 23.7 Å². The van der Waals surface area contributed by atoms with Gasteiger partial charge in [0.05, 0.1) is 22.2 Å². The largest absolute Gasteiger partial charge is 0.477 e. The van der Waals surface area contributed by atoms with Crippen LogP contribution in [0.2, 0.25) is 0 Å². The van der Waals surface area contributed by atoms with Crippen LogP contribution in [-0.4, -0.2) is 60.0 Å². The van der Waals surface area contributed by atoms with Gasteiger partial charge >= 0.3 is 5.97 Å². The van der Waals surface area contributed by atoms with Crippen LogP contribution < -0.4 is 16.1 Å². The lowest BCUT2D eigenvalue weighted by molar-refractivity contribution is -0.135. The number of piperidine rings is 1. The van der Waals surface area contributed by atoms with Crippen LogP contribution in [0.5, 0.6) is 0 Å². The lowest BCUT2D eigenvalue weighted by atomic mass is 10.00. The number of hydrogen-bond acceptors (Lipinski definition) is 7. The van der Waals surface area contributed by atoms with Crippen molar-refractivity contribution < 1.29 is 23.9 Å². The molecule has 1 aliphatic rings. The number of pyridine rings is 1. The van der Waals surface area contributed by atoms with E-state index in [0.717, 1.165) is 6.07 Å². The molecule has 0 spiro atoms. The van der Waals surface area contributed by atoms with E-state index < -0.39 is 23.1 Å². The number of nitrogens with zero attached hydrogens (tertiary/aromatic N) is 6. The number of para-hydroxylation sites is 1. The summed E-state index contributed by atoms with van der Waals surface area (Å²) in [6.45, 7) is 8.42. The SMILES string of the molecule is CC(C)C(=O)N1CCC(n2cc(N(C(=O)c3ccc(-c4c(C(=O)O)n(C(C)C)ccc4=O)cc3F)c3ccccc3)c3c(N)ncnc32)CC1. The van der Waals surface area contributed by atoms with Gasteiger partial charge in [-0.3, -0.25) is 19.3 Å². The number of hydrogen-bond donors (Lipinski definition) is 2. The molecule has 4 heterocycles. The average Bonchev–Trinajstić information content (AvgIpc) is 3.48. The fraction of sp³-hybridized carbons (Fsp3) is 0.297. The Morgan fingerprint density at radius 1 is 1.00 bits per heavy atom. The predicted molar refractivity (Wildman–Crippen MR) is 188 cm³/mol. The number of rotatable bonds is 8. The van der Waals surface area contributed by atoms with E-state index in [1.54, 1.807) is 50.4 Å². The summed E-state index contributed by atoms with van der Waals surface area (Å²) < 4.78 is 19.5. The van der Waals surface area contributed by atoms with Crippen LogP contribution in [0, 0.1) is 11.7 Å². The maximum Gasteiger partial charge on any atom is 0.353 e. The van der Waals surface area contributed by atoms with Crippen molar-refractivity contribution in [3.8, 4) is 11.1 Å². The van der Waals surface area contributed by atoms with E-state index in [-0.39, 0.29) is 52.1 Å². The molecule has 13 heteroatoms. The number of anilines is 3. The number of aromatic carboxylic acids is 1. The van der Waals surface area contributed by atoms with Crippen LogP contribution in [0.3, 0.4) is 0 Å². The minimum absolute atomic E-state index is 0.0271. The summed E-state index contributed by atoms with van der Waals surface area (Å²) in [7, 11) is 0. The Kier molecular flexibility index (Phi) is 9.24. The molecule has 1 saturated heterocycles. The number of amides is 2. The smallest absolute Gasteiger partial charge is 0.353 e. The molecular weight excluding hydrogens is 641 g/mol. The number of carbonyl (C=O) groups is 3. The molecule has 50 heavy (non-hydrogen) atoms. The van der Waals surface area contributed by atoms with Gasteiger partial charge in [0.2, 0.25) is 5.91 Å². The number of carboxylic acid groups (broad SMARTS) is 1. The Morgan fingerprint density at radius 2 is 1.70 bits per heavy atom. The molecule has 6 rings (SSSR count). The van der Waals surface area contributed by atoms with Gasteiger partial charge in [-0.05, 0) is 56.5 Å². The Hall–Kier alpha value is -5.85.